The maximum Gasteiger partial charge on any atom is 0.283 e. The van der Waals surface area contributed by atoms with E-state index in [-0.39, 0.29) is 17.9 Å². The van der Waals surface area contributed by atoms with Crippen molar-refractivity contribution in [3.63, 3.8) is 0 Å². The van der Waals surface area contributed by atoms with Crippen molar-refractivity contribution in [3.8, 4) is 0 Å². The Hall–Kier alpha value is -1.25. The molecule has 0 spiro atoms. The van der Waals surface area contributed by atoms with Crippen LogP contribution in [-0.4, -0.2) is 59.4 Å². The lowest BCUT2D eigenvalue weighted by Crippen LogP contribution is -2.58. The van der Waals surface area contributed by atoms with Crippen molar-refractivity contribution >= 4 is 27.4 Å². The van der Waals surface area contributed by atoms with Crippen LogP contribution >= 0.6 is 15.9 Å². The van der Waals surface area contributed by atoms with Gasteiger partial charge in [0.2, 0.25) is 0 Å². The monoisotopic (exact) mass is 494 g/mol. The number of carbonyl (C=O) groups is 1. The lowest BCUT2D eigenvalue weighted by molar-refractivity contribution is -0.120. The summed E-state index contributed by atoms with van der Waals surface area (Å²) in [6.07, 6.45) is 5.39. The van der Waals surface area contributed by atoms with Gasteiger partial charge < -0.3 is 10.1 Å². The summed E-state index contributed by atoms with van der Waals surface area (Å²) in [7, 11) is 0. The van der Waals surface area contributed by atoms with Gasteiger partial charge in [-0.1, -0.05) is 20.8 Å². The second-order valence-corrected chi connectivity index (χ2v) is 10.9. The lowest BCUT2D eigenvalue weighted by atomic mass is 9.45. The Morgan fingerprint density at radius 3 is 2.74 bits per heavy atom. The number of aromatic nitrogens is 2. The highest BCUT2D eigenvalue weighted by molar-refractivity contribution is 9.10. The molecule has 8 heteroatoms. The number of rotatable bonds is 8. The molecule has 4 fully saturated rings. The maximum absolute atomic E-state index is 12.8. The van der Waals surface area contributed by atoms with E-state index in [1.165, 1.54) is 11.1 Å². The minimum absolute atomic E-state index is 0.0268. The molecule has 3 aliphatic carbocycles. The van der Waals surface area contributed by atoms with E-state index in [0.29, 0.717) is 28.3 Å². The summed E-state index contributed by atoms with van der Waals surface area (Å²) < 4.78 is 7.09. The summed E-state index contributed by atoms with van der Waals surface area (Å²) in [4.78, 5) is 27.5. The van der Waals surface area contributed by atoms with Crippen LogP contribution in [-0.2, 0) is 16.1 Å². The van der Waals surface area contributed by atoms with Crippen molar-refractivity contribution in [3.05, 3.63) is 21.0 Å². The van der Waals surface area contributed by atoms with E-state index in [1.54, 1.807) is 6.20 Å². The van der Waals surface area contributed by atoms with Gasteiger partial charge in [-0.3, -0.25) is 14.5 Å². The Morgan fingerprint density at radius 1 is 1.32 bits per heavy atom. The van der Waals surface area contributed by atoms with Crippen molar-refractivity contribution in [2.24, 2.45) is 23.2 Å². The van der Waals surface area contributed by atoms with Crippen LogP contribution in [0, 0.1) is 23.2 Å². The SMILES string of the molecule is C[C@@H]1[C@H]2C[C@@H](C[C@H]1Nc1cnn(CC(=O)CCCN3CCOCC3)c(=O)c1Br)C2(C)C. The van der Waals surface area contributed by atoms with Gasteiger partial charge in [-0.15, -0.1) is 0 Å². The van der Waals surface area contributed by atoms with E-state index in [0.717, 1.165) is 63.2 Å². The van der Waals surface area contributed by atoms with E-state index in [9.17, 15) is 9.59 Å². The molecule has 31 heavy (non-hydrogen) atoms. The molecule has 5 rings (SSSR count). The Balaban J connectivity index is 1.31. The number of halogens is 1. The van der Waals surface area contributed by atoms with E-state index in [1.807, 2.05) is 0 Å². The first-order chi connectivity index (χ1) is 14.8. The van der Waals surface area contributed by atoms with Crippen molar-refractivity contribution < 1.29 is 9.53 Å². The third-order valence-electron chi connectivity index (χ3n) is 8.04. The summed E-state index contributed by atoms with van der Waals surface area (Å²) in [5.74, 6) is 2.07. The van der Waals surface area contributed by atoms with Crippen LogP contribution in [0.15, 0.2) is 15.5 Å². The van der Waals surface area contributed by atoms with E-state index in [2.05, 4.69) is 52.0 Å². The number of hydrogen-bond donors (Lipinski definition) is 1. The number of ether oxygens (including phenoxy) is 1. The number of Topliss-reactive ketones (excluding diaryl/α,β-unsaturated/α-hetero) is 1. The summed E-state index contributed by atoms with van der Waals surface area (Å²) in [5, 5.41) is 7.86. The number of nitrogens with zero attached hydrogens (tertiary/aromatic N) is 3. The van der Waals surface area contributed by atoms with Crippen LogP contribution in [0.1, 0.15) is 46.5 Å². The van der Waals surface area contributed by atoms with Crippen molar-refractivity contribution in [1.29, 1.82) is 0 Å². The maximum atomic E-state index is 12.8. The summed E-state index contributed by atoms with van der Waals surface area (Å²) in [6.45, 7) is 11.4. The second kappa shape index (κ2) is 9.32. The van der Waals surface area contributed by atoms with E-state index in [4.69, 9.17) is 4.74 Å². The van der Waals surface area contributed by atoms with Crippen LogP contribution in [0.2, 0.25) is 0 Å². The summed E-state index contributed by atoms with van der Waals surface area (Å²) in [5.41, 5.74) is 0.913. The Labute approximate surface area is 193 Å². The first kappa shape index (κ1) is 22.9. The van der Waals surface area contributed by atoms with Gasteiger partial charge in [0.05, 0.1) is 25.1 Å². The molecule has 0 aromatic carbocycles. The third kappa shape index (κ3) is 4.76. The summed E-state index contributed by atoms with van der Waals surface area (Å²) in [6, 6.07) is 0.354. The van der Waals surface area contributed by atoms with Crippen LogP contribution in [0.25, 0.3) is 0 Å². The average Bonchev–Trinajstić information content (AvgIpc) is 2.75. The van der Waals surface area contributed by atoms with Gasteiger partial charge in [-0.05, 0) is 64.9 Å². The molecule has 4 atom stereocenters. The molecule has 0 unspecified atom stereocenters. The zero-order valence-electron chi connectivity index (χ0n) is 18.9. The predicted octanol–water partition coefficient (Wildman–Crippen LogP) is 3.17. The Kier molecular flexibility index (Phi) is 6.89. The molecule has 1 saturated heterocycles. The molecular weight excluding hydrogens is 460 g/mol. The highest BCUT2D eigenvalue weighted by Gasteiger charge is 2.56. The van der Waals surface area contributed by atoms with Gasteiger partial charge in [0.15, 0.2) is 5.78 Å². The lowest BCUT2D eigenvalue weighted by Gasteiger charge is -2.62. The predicted molar refractivity (Wildman–Crippen MR) is 124 cm³/mol. The van der Waals surface area contributed by atoms with Crippen LogP contribution in [0.5, 0.6) is 0 Å². The molecule has 4 aliphatic rings. The number of anilines is 1. The molecule has 2 bridgehead atoms. The Morgan fingerprint density at radius 2 is 2.06 bits per heavy atom. The third-order valence-corrected chi connectivity index (χ3v) is 8.81. The van der Waals surface area contributed by atoms with Crippen LogP contribution < -0.4 is 10.9 Å². The minimum atomic E-state index is -0.250. The fraction of sp³-hybridized carbons (Fsp3) is 0.783. The molecule has 2 heterocycles. The number of carbonyl (C=O) groups excluding carboxylic acids is 1. The number of morpholine rings is 1. The Bertz CT molecular complexity index is 865. The average molecular weight is 495 g/mol. The van der Waals surface area contributed by atoms with Gasteiger partial charge >= 0.3 is 0 Å². The summed E-state index contributed by atoms with van der Waals surface area (Å²) >= 11 is 3.46. The zero-order valence-corrected chi connectivity index (χ0v) is 20.5. The van der Waals surface area contributed by atoms with E-state index >= 15 is 0 Å². The van der Waals surface area contributed by atoms with Crippen LogP contribution in [0.3, 0.4) is 0 Å². The molecule has 0 radical (unpaired) electrons. The molecule has 1 aromatic rings. The largest absolute Gasteiger partial charge is 0.380 e. The number of hydrogen-bond acceptors (Lipinski definition) is 6. The highest BCUT2D eigenvalue weighted by atomic mass is 79.9. The molecular formula is C23H35BrN4O3. The normalized spacial score (nSPS) is 29.9. The van der Waals surface area contributed by atoms with E-state index < -0.39 is 0 Å². The molecule has 1 aromatic heterocycles. The van der Waals surface area contributed by atoms with Gasteiger partial charge in [-0.25, -0.2) is 4.68 Å². The second-order valence-electron chi connectivity index (χ2n) is 10.1. The molecule has 3 saturated carbocycles. The molecule has 1 N–H and O–H groups in total. The smallest absolute Gasteiger partial charge is 0.283 e. The van der Waals surface area contributed by atoms with Gasteiger partial charge in [0.1, 0.15) is 11.0 Å². The molecule has 7 nitrogen and oxygen atoms in total. The van der Waals surface area contributed by atoms with Crippen LogP contribution in [0.4, 0.5) is 5.69 Å². The fourth-order valence-electron chi connectivity index (χ4n) is 5.79. The van der Waals surface area contributed by atoms with Gasteiger partial charge in [0.25, 0.3) is 5.56 Å². The number of nitrogens with one attached hydrogen (secondary N) is 1. The standard InChI is InChI=1S/C23H35BrN4O3/c1-15-18-11-16(23(18,2)3)12-19(15)26-20-13-25-28(22(30)21(20)24)14-17(29)5-4-6-27-7-9-31-10-8-27/h13,15-16,18-19,26H,4-12,14H2,1-3H3/t15-,16+,18-,19-/m1/s1. The first-order valence-corrected chi connectivity index (χ1v) is 12.4. The van der Waals surface area contributed by atoms with Crippen molar-refractivity contribution in [2.45, 2.75) is 59.0 Å². The van der Waals surface area contributed by atoms with Crippen molar-refractivity contribution in [2.75, 3.05) is 38.2 Å². The van der Waals surface area contributed by atoms with Crippen molar-refractivity contribution in [1.82, 2.24) is 14.7 Å². The highest BCUT2D eigenvalue weighted by Crippen LogP contribution is 2.61. The topological polar surface area (TPSA) is 76.5 Å². The number of ketones is 1. The molecule has 172 valence electrons. The van der Waals surface area contributed by atoms with Gasteiger partial charge in [0, 0.05) is 25.6 Å². The zero-order chi connectivity index (χ0) is 22.2. The fourth-order valence-corrected chi connectivity index (χ4v) is 6.21. The molecule has 1 aliphatic heterocycles. The minimum Gasteiger partial charge on any atom is -0.380 e. The first-order valence-electron chi connectivity index (χ1n) is 11.6. The quantitative estimate of drug-likeness (QED) is 0.597. The van der Waals surface area contributed by atoms with Gasteiger partial charge in [-0.2, -0.15) is 5.10 Å². The number of fused-ring (bicyclic) bond motifs is 2. The molecule has 0 amide bonds.